The molecule has 1 aliphatic rings. The third kappa shape index (κ3) is 2.99. The van der Waals surface area contributed by atoms with Gasteiger partial charge in [-0.2, -0.15) is 5.26 Å². The van der Waals surface area contributed by atoms with E-state index in [0.717, 1.165) is 24.5 Å². The number of nitriles is 1. The fourth-order valence-electron chi connectivity index (χ4n) is 2.39. The Labute approximate surface area is 109 Å². The van der Waals surface area contributed by atoms with Gasteiger partial charge in [-0.15, -0.1) is 0 Å². The lowest BCUT2D eigenvalue weighted by Gasteiger charge is -2.32. The number of hydrogen-bond acceptors (Lipinski definition) is 4. The molecule has 0 aliphatic carbocycles. The number of pyridine rings is 1. The van der Waals surface area contributed by atoms with E-state index in [9.17, 15) is 0 Å². The van der Waals surface area contributed by atoms with Crippen LogP contribution in [0.25, 0.3) is 0 Å². The number of nitrogens with one attached hydrogen (secondary N) is 1. The Morgan fingerprint density at radius 3 is 3.11 bits per heavy atom. The van der Waals surface area contributed by atoms with Gasteiger partial charge < -0.3 is 10.2 Å². The molecule has 0 amide bonds. The zero-order valence-electron chi connectivity index (χ0n) is 11.1. The van der Waals surface area contributed by atoms with Gasteiger partial charge in [0.25, 0.3) is 0 Å². The number of rotatable bonds is 3. The number of nitrogens with zero attached hydrogens (tertiary/aromatic N) is 3. The molecule has 0 radical (unpaired) electrons. The number of piperidine rings is 1. The van der Waals surface area contributed by atoms with Crippen LogP contribution >= 0.6 is 0 Å². The van der Waals surface area contributed by atoms with Crippen molar-refractivity contribution < 1.29 is 0 Å². The molecule has 4 heteroatoms. The maximum atomic E-state index is 8.98. The van der Waals surface area contributed by atoms with Crippen LogP contribution in [-0.4, -0.2) is 35.6 Å². The molecule has 2 heterocycles. The number of aromatic nitrogens is 1. The molecule has 1 aliphatic heterocycles. The predicted octanol–water partition coefficient (Wildman–Crippen LogP) is 2.16. The Morgan fingerprint density at radius 1 is 1.56 bits per heavy atom. The zero-order chi connectivity index (χ0) is 13.0. The molecule has 1 aromatic heterocycles. The van der Waals surface area contributed by atoms with E-state index < -0.39 is 0 Å². The van der Waals surface area contributed by atoms with Crippen LogP contribution in [0.2, 0.25) is 0 Å². The molecule has 4 nitrogen and oxygen atoms in total. The van der Waals surface area contributed by atoms with E-state index in [0.29, 0.717) is 11.7 Å². The second-order valence-electron chi connectivity index (χ2n) is 4.85. The van der Waals surface area contributed by atoms with E-state index in [4.69, 9.17) is 5.26 Å². The van der Waals surface area contributed by atoms with Gasteiger partial charge in [-0.3, -0.25) is 0 Å². The zero-order valence-corrected chi connectivity index (χ0v) is 11.1. The average Bonchev–Trinajstić information content (AvgIpc) is 2.41. The van der Waals surface area contributed by atoms with E-state index in [2.05, 4.69) is 28.2 Å². The summed E-state index contributed by atoms with van der Waals surface area (Å²) in [4.78, 5) is 6.79. The van der Waals surface area contributed by atoms with Crippen LogP contribution in [0.5, 0.6) is 0 Å². The Hall–Kier alpha value is -1.60. The van der Waals surface area contributed by atoms with Gasteiger partial charge in [0.05, 0.1) is 0 Å². The van der Waals surface area contributed by atoms with E-state index >= 15 is 0 Å². The Balaban J connectivity index is 2.03. The molecule has 0 bridgehead atoms. The van der Waals surface area contributed by atoms with Gasteiger partial charge in [-0.1, -0.05) is 13.0 Å². The third-order valence-corrected chi connectivity index (χ3v) is 3.51. The monoisotopic (exact) mass is 244 g/mol. The van der Waals surface area contributed by atoms with Gasteiger partial charge in [0.2, 0.25) is 0 Å². The highest BCUT2D eigenvalue weighted by Crippen LogP contribution is 2.16. The Bertz CT molecular complexity index is 450. The SMILES string of the molecule is CCN1CCCC(Nc2ccc(C)c(C#N)n2)C1. The summed E-state index contributed by atoms with van der Waals surface area (Å²) in [6.45, 7) is 7.46. The standard InChI is InChI=1S/C14H20N4/c1-3-18-8-4-5-12(10-18)16-14-7-6-11(2)13(9-15)17-14/h6-7,12H,3-5,8,10H2,1-2H3,(H,16,17). The van der Waals surface area contributed by atoms with E-state index in [1.165, 1.54) is 19.4 Å². The molecular formula is C14H20N4. The van der Waals surface area contributed by atoms with E-state index in [-0.39, 0.29) is 0 Å². The van der Waals surface area contributed by atoms with Gasteiger partial charge in [-0.05, 0) is 44.5 Å². The fraction of sp³-hybridized carbons (Fsp3) is 0.571. The highest BCUT2D eigenvalue weighted by molar-refractivity contribution is 5.43. The highest BCUT2D eigenvalue weighted by Gasteiger charge is 2.18. The minimum atomic E-state index is 0.445. The van der Waals surface area contributed by atoms with Crippen molar-refractivity contribution in [1.29, 1.82) is 5.26 Å². The minimum absolute atomic E-state index is 0.445. The van der Waals surface area contributed by atoms with Crippen molar-refractivity contribution in [2.45, 2.75) is 32.7 Å². The third-order valence-electron chi connectivity index (χ3n) is 3.51. The van der Waals surface area contributed by atoms with Crippen LogP contribution in [-0.2, 0) is 0 Å². The summed E-state index contributed by atoms with van der Waals surface area (Å²) < 4.78 is 0. The van der Waals surface area contributed by atoms with Crippen molar-refractivity contribution in [3.63, 3.8) is 0 Å². The quantitative estimate of drug-likeness (QED) is 0.885. The predicted molar refractivity (Wildman–Crippen MR) is 72.4 cm³/mol. The van der Waals surface area contributed by atoms with Gasteiger partial charge >= 0.3 is 0 Å². The molecule has 0 spiro atoms. The van der Waals surface area contributed by atoms with E-state index in [1.54, 1.807) is 0 Å². The summed E-state index contributed by atoms with van der Waals surface area (Å²) in [7, 11) is 0. The lowest BCUT2D eigenvalue weighted by molar-refractivity contribution is 0.226. The molecule has 1 N–H and O–H groups in total. The number of likely N-dealkylation sites (tertiary alicyclic amines) is 1. The molecule has 1 unspecified atom stereocenters. The highest BCUT2D eigenvalue weighted by atomic mass is 15.2. The molecule has 1 fully saturated rings. The maximum Gasteiger partial charge on any atom is 0.145 e. The summed E-state index contributed by atoms with van der Waals surface area (Å²) in [6.07, 6.45) is 2.40. The molecule has 18 heavy (non-hydrogen) atoms. The average molecular weight is 244 g/mol. The van der Waals surface area contributed by atoms with Gasteiger partial charge in [0.1, 0.15) is 17.6 Å². The lowest BCUT2D eigenvalue weighted by atomic mass is 10.1. The van der Waals surface area contributed by atoms with Crippen molar-refractivity contribution >= 4 is 5.82 Å². The number of likely N-dealkylation sites (N-methyl/N-ethyl adjacent to an activating group) is 1. The molecule has 1 atom stereocenters. The Kier molecular flexibility index (Phi) is 4.16. The van der Waals surface area contributed by atoms with E-state index in [1.807, 2.05) is 19.1 Å². The van der Waals surface area contributed by atoms with Crippen LogP contribution in [0, 0.1) is 18.3 Å². The maximum absolute atomic E-state index is 8.98. The largest absolute Gasteiger partial charge is 0.366 e. The van der Waals surface area contributed by atoms with Gasteiger partial charge in [0, 0.05) is 12.6 Å². The van der Waals surface area contributed by atoms with Crippen LogP contribution in [0.1, 0.15) is 31.0 Å². The lowest BCUT2D eigenvalue weighted by Crippen LogP contribution is -2.42. The van der Waals surface area contributed by atoms with Crippen molar-refractivity contribution in [2.24, 2.45) is 0 Å². The first-order valence-corrected chi connectivity index (χ1v) is 6.59. The van der Waals surface area contributed by atoms with Gasteiger partial charge in [0.15, 0.2) is 0 Å². The van der Waals surface area contributed by atoms with Crippen LogP contribution in [0.3, 0.4) is 0 Å². The molecule has 1 aromatic rings. The fourth-order valence-corrected chi connectivity index (χ4v) is 2.39. The second-order valence-corrected chi connectivity index (χ2v) is 4.85. The van der Waals surface area contributed by atoms with Crippen LogP contribution in [0.15, 0.2) is 12.1 Å². The smallest absolute Gasteiger partial charge is 0.145 e. The van der Waals surface area contributed by atoms with Crippen molar-refractivity contribution in [3.8, 4) is 6.07 Å². The second kappa shape index (κ2) is 5.83. The van der Waals surface area contributed by atoms with Crippen molar-refractivity contribution in [1.82, 2.24) is 9.88 Å². The molecule has 0 aromatic carbocycles. The number of hydrogen-bond donors (Lipinski definition) is 1. The topological polar surface area (TPSA) is 52.0 Å². The first-order chi connectivity index (χ1) is 8.72. The van der Waals surface area contributed by atoms with Crippen LogP contribution < -0.4 is 5.32 Å². The molecular weight excluding hydrogens is 224 g/mol. The van der Waals surface area contributed by atoms with Crippen molar-refractivity contribution in [3.05, 3.63) is 23.4 Å². The summed E-state index contributed by atoms with van der Waals surface area (Å²) in [5, 5.41) is 12.4. The molecule has 96 valence electrons. The van der Waals surface area contributed by atoms with Crippen molar-refractivity contribution in [2.75, 3.05) is 25.0 Å². The molecule has 1 saturated heterocycles. The normalized spacial score (nSPS) is 20.4. The number of aryl methyl sites for hydroxylation is 1. The first kappa shape index (κ1) is 12.8. The first-order valence-electron chi connectivity index (χ1n) is 6.59. The molecule has 2 rings (SSSR count). The summed E-state index contributed by atoms with van der Waals surface area (Å²) >= 11 is 0. The minimum Gasteiger partial charge on any atom is -0.366 e. The van der Waals surface area contributed by atoms with Crippen LogP contribution in [0.4, 0.5) is 5.82 Å². The summed E-state index contributed by atoms with van der Waals surface area (Å²) in [5.41, 5.74) is 1.45. The Morgan fingerprint density at radius 2 is 2.39 bits per heavy atom. The summed E-state index contributed by atoms with van der Waals surface area (Å²) in [6, 6.07) is 6.49. The number of anilines is 1. The summed E-state index contributed by atoms with van der Waals surface area (Å²) in [5.74, 6) is 0.820. The van der Waals surface area contributed by atoms with Gasteiger partial charge in [-0.25, -0.2) is 4.98 Å². The molecule has 0 saturated carbocycles.